The predicted molar refractivity (Wildman–Crippen MR) is 95.2 cm³/mol. The highest BCUT2D eigenvalue weighted by Gasteiger charge is 2.62. The van der Waals surface area contributed by atoms with Gasteiger partial charge in [0.05, 0.1) is 5.75 Å². The van der Waals surface area contributed by atoms with Gasteiger partial charge in [-0.05, 0) is 57.3 Å². The Hall–Kier alpha value is -1.47. The van der Waals surface area contributed by atoms with Crippen LogP contribution in [-0.2, 0) is 9.84 Å². The zero-order valence-electron chi connectivity index (χ0n) is 14.6. The molecule has 0 N–H and O–H groups in total. The van der Waals surface area contributed by atoms with E-state index in [1.165, 1.54) is 12.8 Å². The van der Waals surface area contributed by atoms with Gasteiger partial charge in [0.1, 0.15) is 10.4 Å². The minimum atomic E-state index is -3.14. The third-order valence-corrected chi connectivity index (χ3v) is 8.69. The van der Waals surface area contributed by atoms with Crippen molar-refractivity contribution < 1.29 is 13.2 Å². The first-order valence-electron chi connectivity index (χ1n) is 9.09. The Morgan fingerprint density at radius 3 is 2.68 bits per heavy atom. The quantitative estimate of drug-likeness (QED) is 0.805. The second-order valence-corrected chi connectivity index (χ2v) is 10.2. The number of rotatable bonds is 3. The van der Waals surface area contributed by atoms with Crippen LogP contribution in [0.5, 0.6) is 0 Å². The number of hydrogen-bond acceptors (Lipinski definition) is 5. The van der Waals surface area contributed by atoms with Gasteiger partial charge in [0.15, 0.2) is 9.84 Å². The molecule has 1 atom stereocenters. The van der Waals surface area contributed by atoms with E-state index in [4.69, 9.17) is 0 Å². The molecule has 1 aromatic heterocycles. The summed E-state index contributed by atoms with van der Waals surface area (Å²) in [5.41, 5.74) is 1.20. The lowest BCUT2D eigenvalue weighted by atomic mass is 9.82. The summed E-state index contributed by atoms with van der Waals surface area (Å²) >= 11 is 0. The number of carbonyl (C=O) groups is 1. The fourth-order valence-corrected chi connectivity index (χ4v) is 6.98. The van der Waals surface area contributed by atoms with E-state index in [-0.39, 0.29) is 17.6 Å². The van der Waals surface area contributed by atoms with Gasteiger partial charge < -0.3 is 9.80 Å². The Bertz CT molecular complexity index is 781. The van der Waals surface area contributed by atoms with E-state index in [9.17, 15) is 13.2 Å². The Morgan fingerprint density at radius 2 is 2.00 bits per heavy atom. The van der Waals surface area contributed by atoms with Gasteiger partial charge >= 0.3 is 0 Å². The van der Waals surface area contributed by atoms with Crippen LogP contribution < -0.4 is 0 Å². The molecule has 6 nitrogen and oxygen atoms in total. The maximum atomic E-state index is 12.7. The van der Waals surface area contributed by atoms with Crippen molar-refractivity contribution >= 4 is 15.7 Å². The first-order chi connectivity index (χ1) is 11.9. The number of carbonyl (C=O) groups excluding carboxylic acids is 1. The molecule has 1 spiro atoms. The molecule has 3 aliphatic heterocycles. The normalized spacial score (nSPS) is 27.6. The van der Waals surface area contributed by atoms with Crippen molar-refractivity contribution in [2.24, 2.45) is 5.92 Å². The number of amides is 1. The van der Waals surface area contributed by atoms with Crippen LogP contribution in [0.15, 0.2) is 18.2 Å². The highest BCUT2D eigenvalue weighted by Crippen LogP contribution is 2.45. The molecular weight excluding hydrogens is 338 g/mol. The van der Waals surface area contributed by atoms with Crippen molar-refractivity contribution in [1.29, 1.82) is 0 Å². The lowest BCUT2D eigenvalue weighted by molar-refractivity contribution is 0.0427. The second kappa shape index (κ2) is 6.06. The summed E-state index contributed by atoms with van der Waals surface area (Å²) in [5, 5.41) is 0. The number of sulfone groups is 1. The predicted octanol–water partition coefficient (Wildman–Crippen LogP) is 1.12. The number of likely N-dealkylation sites (tertiary alicyclic amines) is 2. The summed E-state index contributed by atoms with van der Waals surface area (Å²) in [4.78, 5) is 21.0. The van der Waals surface area contributed by atoms with Crippen LogP contribution in [0.4, 0.5) is 0 Å². The number of aryl methyl sites for hydroxylation is 1. The van der Waals surface area contributed by atoms with E-state index in [1.54, 1.807) is 11.0 Å². The summed E-state index contributed by atoms with van der Waals surface area (Å²) in [6.45, 7) is 5.49. The highest BCUT2D eigenvalue weighted by molar-refractivity contribution is 7.93. The average molecular weight is 363 g/mol. The minimum Gasteiger partial charge on any atom is -0.334 e. The van der Waals surface area contributed by atoms with Crippen molar-refractivity contribution in [2.75, 3.05) is 38.5 Å². The van der Waals surface area contributed by atoms with E-state index in [0.717, 1.165) is 31.7 Å². The van der Waals surface area contributed by atoms with Gasteiger partial charge in [-0.15, -0.1) is 0 Å². The molecule has 25 heavy (non-hydrogen) atoms. The van der Waals surface area contributed by atoms with E-state index in [2.05, 4.69) is 9.88 Å². The highest BCUT2D eigenvalue weighted by atomic mass is 32.2. The molecule has 0 aliphatic carbocycles. The van der Waals surface area contributed by atoms with Crippen molar-refractivity contribution in [3.05, 3.63) is 29.6 Å². The Balaban J connectivity index is 1.50. The summed E-state index contributed by atoms with van der Waals surface area (Å²) in [5.74, 6) is 0.248. The standard InChI is InChI=1S/C18H25N3O3S/c1-14-5-4-6-16(19-14)17(22)21-12-18(13-21)15(7-10-25(18,23)24)11-20-8-2-3-9-20/h4-6,15H,2-3,7-13H2,1H3. The van der Waals surface area contributed by atoms with Gasteiger partial charge in [0.25, 0.3) is 5.91 Å². The molecule has 0 aromatic carbocycles. The molecule has 0 bridgehead atoms. The number of nitrogens with zero attached hydrogens (tertiary/aromatic N) is 3. The smallest absolute Gasteiger partial charge is 0.272 e. The molecule has 1 unspecified atom stereocenters. The van der Waals surface area contributed by atoms with Crippen molar-refractivity contribution in [3.8, 4) is 0 Å². The van der Waals surface area contributed by atoms with E-state index in [1.807, 2.05) is 19.1 Å². The van der Waals surface area contributed by atoms with Gasteiger partial charge in [-0.3, -0.25) is 4.79 Å². The maximum Gasteiger partial charge on any atom is 0.272 e. The third-order valence-electron chi connectivity index (χ3n) is 6.09. The SMILES string of the molecule is Cc1cccc(C(=O)N2CC3(C2)C(CN2CCCC2)CCS3(=O)=O)n1. The second-order valence-electron chi connectivity index (χ2n) is 7.70. The van der Waals surface area contributed by atoms with Gasteiger partial charge in [-0.2, -0.15) is 0 Å². The largest absolute Gasteiger partial charge is 0.334 e. The first kappa shape index (κ1) is 17.0. The maximum absolute atomic E-state index is 12.7. The monoisotopic (exact) mass is 363 g/mol. The molecule has 3 aliphatic rings. The zero-order valence-corrected chi connectivity index (χ0v) is 15.5. The molecule has 0 radical (unpaired) electrons. The Labute approximate surface area is 149 Å². The Kier molecular flexibility index (Phi) is 4.11. The van der Waals surface area contributed by atoms with E-state index < -0.39 is 14.6 Å². The molecule has 1 amide bonds. The molecule has 0 saturated carbocycles. The van der Waals surface area contributed by atoms with Crippen molar-refractivity contribution in [2.45, 2.75) is 30.9 Å². The van der Waals surface area contributed by atoms with Crippen LogP contribution in [0.2, 0.25) is 0 Å². The lowest BCUT2D eigenvalue weighted by Crippen LogP contribution is -2.69. The summed E-state index contributed by atoms with van der Waals surface area (Å²) in [6.07, 6.45) is 3.13. The summed E-state index contributed by atoms with van der Waals surface area (Å²) in [7, 11) is -3.14. The van der Waals surface area contributed by atoms with Crippen LogP contribution in [0.25, 0.3) is 0 Å². The van der Waals surface area contributed by atoms with Gasteiger partial charge in [0.2, 0.25) is 0 Å². The van der Waals surface area contributed by atoms with Gasteiger partial charge in [-0.25, -0.2) is 13.4 Å². The van der Waals surface area contributed by atoms with Crippen LogP contribution in [0.1, 0.15) is 35.4 Å². The Morgan fingerprint density at radius 1 is 1.28 bits per heavy atom. The van der Waals surface area contributed by atoms with Crippen LogP contribution in [0, 0.1) is 12.8 Å². The zero-order chi connectivity index (χ0) is 17.7. The minimum absolute atomic E-state index is 0.144. The molecule has 1 aromatic rings. The first-order valence-corrected chi connectivity index (χ1v) is 10.7. The number of hydrogen-bond donors (Lipinski definition) is 0. The third kappa shape index (κ3) is 2.77. The van der Waals surface area contributed by atoms with Crippen molar-refractivity contribution in [1.82, 2.24) is 14.8 Å². The molecule has 4 heterocycles. The van der Waals surface area contributed by atoms with Gasteiger partial charge in [0, 0.05) is 25.3 Å². The molecule has 4 rings (SSSR count). The number of aromatic nitrogens is 1. The van der Waals surface area contributed by atoms with Crippen molar-refractivity contribution in [3.63, 3.8) is 0 Å². The molecule has 136 valence electrons. The van der Waals surface area contributed by atoms with Gasteiger partial charge in [-0.1, -0.05) is 6.07 Å². The molecule has 7 heteroatoms. The van der Waals surface area contributed by atoms with E-state index >= 15 is 0 Å². The van der Waals surface area contributed by atoms with E-state index in [0.29, 0.717) is 18.8 Å². The summed E-state index contributed by atoms with van der Waals surface area (Å²) < 4.78 is 24.7. The number of pyridine rings is 1. The fraction of sp³-hybridized carbons (Fsp3) is 0.667. The topological polar surface area (TPSA) is 70.6 Å². The van der Waals surface area contributed by atoms with Crippen LogP contribution in [0.3, 0.4) is 0 Å². The summed E-state index contributed by atoms with van der Waals surface area (Å²) in [6, 6.07) is 5.36. The van der Waals surface area contributed by atoms with Crippen LogP contribution >= 0.6 is 0 Å². The van der Waals surface area contributed by atoms with Crippen LogP contribution in [-0.4, -0.2) is 72.3 Å². The average Bonchev–Trinajstić information content (AvgIpc) is 3.12. The molecule has 3 saturated heterocycles. The fourth-order valence-electron chi connectivity index (χ4n) is 4.57. The molecule has 3 fully saturated rings. The molecular formula is C18H25N3O3S. The lowest BCUT2D eigenvalue weighted by Gasteiger charge is -2.50.